The minimum Gasteiger partial charge on any atom is -0.444 e. The Kier molecular flexibility index (Phi) is 7.00. The van der Waals surface area contributed by atoms with E-state index in [0.29, 0.717) is 37.0 Å². The summed E-state index contributed by atoms with van der Waals surface area (Å²) in [5, 5.41) is 18.7. The SMILES string of the molecule is C[C@@H](Nc1nccn2nc(C3=CCN(C(=O)OC(C)(C)C)CC3)nc12)c1cc([N+](=O)[O-])cc(C(F)(F)F)c1. The van der Waals surface area contributed by atoms with Crippen molar-refractivity contribution in [3.63, 3.8) is 0 Å². The highest BCUT2D eigenvalue weighted by Crippen LogP contribution is 2.35. The minimum absolute atomic E-state index is 0.0623. The number of nitro benzene ring substituents is 1. The van der Waals surface area contributed by atoms with Crippen LogP contribution in [0.5, 0.6) is 0 Å². The number of nitro groups is 1. The van der Waals surface area contributed by atoms with Crippen molar-refractivity contribution in [2.75, 3.05) is 18.4 Å². The Labute approximate surface area is 215 Å². The lowest BCUT2D eigenvalue weighted by Gasteiger charge is -2.29. The van der Waals surface area contributed by atoms with E-state index < -0.39 is 40.1 Å². The predicted octanol–water partition coefficient (Wildman–Crippen LogP) is 5.25. The van der Waals surface area contributed by atoms with Gasteiger partial charge in [-0.05, 0) is 51.3 Å². The van der Waals surface area contributed by atoms with Crippen molar-refractivity contribution in [3.05, 3.63) is 63.7 Å². The van der Waals surface area contributed by atoms with Crippen molar-refractivity contribution in [2.45, 2.75) is 51.9 Å². The number of aromatic nitrogens is 4. The summed E-state index contributed by atoms with van der Waals surface area (Å²) >= 11 is 0. The van der Waals surface area contributed by atoms with Crippen molar-refractivity contribution < 1.29 is 27.6 Å². The van der Waals surface area contributed by atoms with E-state index in [4.69, 9.17) is 4.74 Å². The number of carbonyl (C=O) groups is 1. The largest absolute Gasteiger partial charge is 0.444 e. The fourth-order valence-corrected chi connectivity index (χ4v) is 3.86. The van der Waals surface area contributed by atoms with Crippen molar-refractivity contribution in [2.24, 2.45) is 0 Å². The number of rotatable bonds is 5. The van der Waals surface area contributed by atoms with Crippen LogP contribution in [0.4, 0.5) is 29.5 Å². The molecule has 0 aliphatic carbocycles. The number of ether oxygens (including phenoxy) is 1. The highest BCUT2D eigenvalue weighted by atomic mass is 19.4. The molecule has 1 aromatic carbocycles. The summed E-state index contributed by atoms with van der Waals surface area (Å²) in [6, 6.07) is 1.68. The van der Waals surface area contributed by atoms with E-state index in [1.165, 1.54) is 10.7 Å². The van der Waals surface area contributed by atoms with Crippen LogP contribution < -0.4 is 5.32 Å². The Hall–Kier alpha value is -4.23. The van der Waals surface area contributed by atoms with Gasteiger partial charge >= 0.3 is 12.3 Å². The fraction of sp³-hybridized carbons (Fsp3) is 0.417. The average molecular weight is 534 g/mol. The lowest BCUT2D eigenvalue weighted by atomic mass is 10.0. The summed E-state index contributed by atoms with van der Waals surface area (Å²) in [6.07, 6.45) is 0.217. The molecule has 0 unspecified atom stereocenters. The molecule has 1 atom stereocenters. The molecule has 1 aliphatic rings. The molecule has 4 rings (SSSR count). The zero-order valence-corrected chi connectivity index (χ0v) is 21.1. The number of benzene rings is 1. The van der Waals surface area contributed by atoms with Crippen molar-refractivity contribution in [1.82, 2.24) is 24.5 Å². The van der Waals surface area contributed by atoms with E-state index in [9.17, 15) is 28.1 Å². The first-order valence-electron chi connectivity index (χ1n) is 11.7. The van der Waals surface area contributed by atoms with Crippen LogP contribution in [0.2, 0.25) is 0 Å². The van der Waals surface area contributed by atoms with Crippen LogP contribution >= 0.6 is 0 Å². The zero-order valence-electron chi connectivity index (χ0n) is 21.1. The summed E-state index contributed by atoms with van der Waals surface area (Å²) in [5.74, 6) is 0.665. The summed E-state index contributed by atoms with van der Waals surface area (Å²) in [6.45, 7) is 7.71. The van der Waals surface area contributed by atoms with Gasteiger partial charge in [-0.3, -0.25) is 10.1 Å². The van der Waals surface area contributed by atoms with Crippen molar-refractivity contribution in [1.29, 1.82) is 0 Å². The maximum absolute atomic E-state index is 13.3. The molecule has 0 fully saturated rings. The fourth-order valence-electron chi connectivity index (χ4n) is 3.86. The first kappa shape index (κ1) is 26.8. The molecule has 1 N–H and O–H groups in total. The van der Waals surface area contributed by atoms with Gasteiger partial charge in [0.1, 0.15) is 5.60 Å². The number of nitrogens with zero attached hydrogens (tertiary/aromatic N) is 6. The van der Waals surface area contributed by atoms with Crippen LogP contribution in [0.3, 0.4) is 0 Å². The number of amides is 1. The number of carbonyl (C=O) groups excluding carboxylic acids is 1. The summed E-state index contributed by atoms with van der Waals surface area (Å²) in [7, 11) is 0. The Bertz CT molecular complexity index is 1410. The molecule has 1 amide bonds. The Balaban J connectivity index is 1.57. The topological polar surface area (TPSA) is 128 Å². The second-order valence-corrected chi connectivity index (χ2v) is 9.82. The van der Waals surface area contributed by atoms with Gasteiger partial charge in [0.25, 0.3) is 5.69 Å². The van der Waals surface area contributed by atoms with Gasteiger partial charge in [-0.1, -0.05) is 6.08 Å². The molecule has 0 saturated carbocycles. The summed E-state index contributed by atoms with van der Waals surface area (Å²) in [5.41, 5.74) is -1.17. The van der Waals surface area contributed by atoms with E-state index in [1.807, 2.05) is 6.08 Å². The van der Waals surface area contributed by atoms with Crippen LogP contribution in [0.15, 0.2) is 36.7 Å². The normalized spacial score (nSPS) is 15.2. The first-order valence-corrected chi connectivity index (χ1v) is 11.7. The van der Waals surface area contributed by atoms with Gasteiger partial charge in [0.15, 0.2) is 17.3 Å². The summed E-state index contributed by atoms with van der Waals surface area (Å²) in [4.78, 5) is 33.0. The van der Waals surface area contributed by atoms with Gasteiger partial charge in [0.05, 0.1) is 16.5 Å². The van der Waals surface area contributed by atoms with Crippen LogP contribution in [0, 0.1) is 10.1 Å². The number of non-ortho nitro benzene ring substituents is 1. The minimum atomic E-state index is -4.74. The molecule has 3 aromatic rings. The van der Waals surface area contributed by atoms with E-state index in [2.05, 4.69) is 20.4 Å². The molecule has 1 aliphatic heterocycles. The lowest BCUT2D eigenvalue weighted by molar-refractivity contribution is -0.385. The van der Waals surface area contributed by atoms with Gasteiger partial charge in [0, 0.05) is 37.6 Å². The van der Waals surface area contributed by atoms with E-state index in [1.54, 1.807) is 38.8 Å². The zero-order chi connectivity index (χ0) is 27.8. The quantitative estimate of drug-likeness (QED) is 0.348. The van der Waals surface area contributed by atoms with Gasteiger partial charge in [-0.25, -0.2) is 19.3 Å². The van der Waals surface area contributed by atoms with Crippen molar-refractivity contribution >= 4 is 28.8 Å². The summed E-state index contributed by atoms with van der Waals surface area (Å²) < 4.78 is 46.8. The van der Waals surface area contributed by atoms with Gasteiger partial charge in [-0.2, -0.15) is 13.2 Å². The third-order valence-electron chi connectivity index (χ3n) is 5.73. The number of hydrogen-bond acceptors (Lipinski definition) is 8. The van der Waals surface area contributed by atoms with E-state index in [-0.39, 0.29) is 11.4 Å². The number of fused-ring (bicyclic) bond motifs is 1. The van der Waals surface area contributed by atoms with Gasteiger partial charge in [0.2, 0.25) is 0 Å². The molecular formula is C24H26F3N7O4. The molecular weight excluding hydrogens is 507 g/mol. The Morgan fingerprint density at radius 1 is 1.24 bits per heavy atom. The highest BCUT2D eigenvalue weighted by Gasteiger charge is 2.33. The molecule has 202 valence electrons. The third kappa shape index (κ3) is 6.01. The van der Waals surface area contributed by atoms with Gasteiger partial charge in [-0.15, -0.1) is 5.10 Å². The van der Waals surface area contributed by atoms with E-state index in [0.717, 1.165) is 17.7 Å². The second-order valence-electron chi connectivity index (χ2n) is 9.82. The van der Waals surface area contributed by atoms with E-state index >= 15 is 0 Å². The number of anilines is 1. The molecule has 38 heavy (non-hydrogen) atoms. The first-order chi connectivity index (χ1) is 17.7. The smallest absolute Gasteiger partial charge is 0.416 e. The molecule has 11 nitrogen and oxygen atoms in total. The highest BCUT2D eigenvalue weighted by molar-refractivity contribution is 5.72. The lowest BCUT2D eigenvalue weighted by Crippen LogP contribution is -2.39. The molecule has 0 saturated heterocycles. The maximum Gasteiger partial charge on any atom is 0.416 e. The van der Waals surface area contributed by atoms with Crippen LogP contribution in [-0.2, 0) is 10.9 Å². The molecule has 0 spiro atoms. The van der Waals surface area contributed by atoms with Crippen LogP contribution in [0.1, 0.15) is 57.1 Å². The Morgan fingerprint density at radius 3 is 2.58 bits per heavy atom. The predicted molar refractivity (Wildman–Crippen MR) is 131 cm³/mol. The van der Waals surface area contributed by atoms with Crippen LogP contribution in [-0.4, -0.2) is 54.2 Å². The molecule has 2 aromatic heterocycles. The molecule has 3 heterocycles. The monoisotopic (exact) mass is 533 g/mol. The Morgan fingerprint density at radius 2 is 1.97 bits per heavy atom. The molecule has 0 bridgehead atoms. The van der Waals surface area contributed by atoms with Crippen molar-refractivity contribution in [3.8, 4) is 0 Å². The number of hydrogen-bond donors (Lipinski definition) is 1. The molecule has 14 heteroatoms. The molecule has 0 radical (unpaired) electrons. The standard InChI is InChI=1S/C24H26F3N7O4/c1-14(16-11-17(24(25,26)27)13-18(12-16)34(36)37)29-20-21-30-19(31-33(21)10-7-28-20)15-5-8-32(9-6-15)22(35)38-23(2,3)4/h5,7,10-14H,6,8-9H2,1-4H3,(H,28,29)/t14-/m1/s1. The maximum atomic E-state index is 13.3. The average Bonchev–Trinajstić information content (AvgIpc) is 3.27. The van der Waals surface area contributed by atoms with Gasteiger partial charge < -0.3 is 15.0 Å². The van der Waals surface area contributed by atoms with Crippen LogP contribution in [0.25, 0.3) is 11.2 Å². The third-order valence-corrected chi connectivity index (χ3v) is 5.73. The number of nitrogens with one attached hydrogen (secondary N) is 1. The number of halogens is 3. The second kappa shape index (κ2) is 9.91. The number of alkyl halides is 3.